The molecule has 0 fully saturated rings. The van der Waals surface area contributed by atoms with Gasteiger partial charge in [-0.05, 0) is 52.5 Å². The Bertz CT molecular complexity index is 699. The van der Waals surface area contributed by atoms with Crippen LogP contribution in [0.2, 0.25) is 5.02 Å². The average molecular weight is 396 g/mol. The predicted molar refractivity (Wildman–Crippen MR) is 96.1 cm³/mol. The lowest BCUT2D eigenvalue weighted by Crippen LogP contribution is -2.01. The highest BCUT2D eigenvalue weighted by atomic mass is 79.9. The lowest BCUT2D eigenvalue weighted by Gasteiger charge is -2.12. The molecule has 3 nitrogen and oxygen atoms in total. The number of ether oxygens (including phenoxy) is 1. The zero-order valence-corrected chi connectivity index (χ0v) is 14.7. The number of carboxylic acids is 1. The molecule has 0 bridgehead atoms. The minimum atomic E-state index is -1.02. The SMILES string of the molecule is O=C(O)/C=C/c1cc(Cl)cc(Br)c1OCCCc1ccccc1. The summed E-state index contributed by atoms with van der Waals surface area (Å²) < 4.78 is 6.53. The maximum atomic E-state index is 10.7. The molecule has 2 rings (SSSR count). The first-order valence-electron chi connectivity index (χ1n) is 7.13. The number of carbonyl (C=O) groups is 1. The highest BCUT2D eigenvalue weighted by molar-refractivity contribution is 9.10. The number of hydrogen-bond acceptors (Lipinski definition) is 2. The van der Waals surface area contributed by atoms with Crippen molar-refractivity contribution in [2.45, 2.75) is 12.8 Å². The van der Waals surface area contributed by atoms with Crippen LogP contribution in [0.5, 0.6) is 5.75 Å². The smallest absolute Gasteiger partial charge is 0.328 e. The van der Waals surface area contributed by atoms with Crippen molar-refractivity contribution < 1.29 is 14.6 Å². The van der Waals surface area contributed by atoms with Crippen LogP contribution >= 0.6 is 27.5 Å². The van der Waals surface area contributed by atoms with E-state index in [1.807, 2.05) is 18.2 Å². The molecule has 0 aliphatic carbocycles. The molecular formula is C18H16BrClO3. The topological polar surface area (TPSA) is 46.5 Å². The molecule has 0 aliphatic heterocycles. The van der Waals surface area contributed by atoms with Crippen molar-refractivity contribution in [1.82, 2.24) is 0 Å². The summed E-state index contributed by atoms with van der Waals surface area (Å²) in [5, 5.41) is 9.28. The van der Waals surface area contributed by atoms with Crippen LogP contribution in [0.25, 0.3) is 6.08 Å². The van der Waals surface area contributed by atoms with E-state index in [1.54, 1.807) is 12.1 Å². The molecule has 120 valence electrons. The minimum absolute atomic E-state index is 0.513. The number of aryl methyl sites for hydroxylation is 1. The molecule has 1 N–H and O–H groups in total. The van der Waals surface area contributed by atoms with Crippen molar-refractivity contribution in [3.05, 3.63) is 69.2 Å². The zero-order valence-electron chi connectivity index (χ0n) is 12.3. The molecule has 0 aromatic heterocycles. The van der Waals surface area contributed by atoms with Crippen molar-refractivity contribution in [3.8, 4) is 5.75 Å². The van der Waals surface area contributed by atoms with Gasteiger partial charge in [0.2, 0.25) is 0 Å². The van der Waals surface area contributed by atoms with Crippen LogP contribution in [-0.4, -0.2) is 17.7 Å². The van der Waals surface area contributed by atoms with Gasteiger partial charge in [0.1, 0.15) is 5.75 Å². The lowest BCUT2D eigenvalue weighted by molar-refractivity contribution is -0.131. The third-order valence-electron chi connectivity index (χ3n) is 3.14. The summed E-state index contributed by atoms with van der Waals surface area (Å²) in [6, 6.07) is 13.6. The van der Waals surface area contributed by atoms with Crippen LogP contribution in [0.1, 0.15) is 17.5 Å². The third kappa shape index (κ3) is 5.73. The van der Waals surface area contributed by atoms with Gasteiger partial charge in [0.25, 0.3) is 0 Å². The molecule has 2 aromatic rings. The fraction of sp³-hybridized carbons (Fsp3) is 0.167. The summed E-state index contributed by atoms with van der Waals surface area (Å²) in [7, 11) is 0. The molecule has 0 amide bonds. The second kappa shape index (κ2) is 8.75. The van der Waals surface area contributed by atoms with Crippen LogP contribution in [0.15, 0.2) is 53.0 Å². The molecule has 0 radical (unpaired) electrons. The van der Waals surface area contributed by atoms with Crippen molar-refractivity contribution in [3.63, 3.8) is 0 Å². The van der Waals surface area contributed by atoms with Gasteiger partial charge in [0.05, 0.1) is 11.1 Å². The van der Waals surface area contributed by atoms with Gasteiger partial charge in [-0.2, -0.15) is 0 Å². The highest BCUT2D eigenvalue weighted by Crippen LogP contribution is 2.33. The molecule has 0 saturated heterocycles. The fourth-order valence-electron chi connectivity index (χ4n) is 2.11. The first-order chi connectivity index (χ1) is 11.1. The number of carboxylic acid groups (broad SMARTS) is 1. The molecule has 0 saturated carbocycles. The van der Waals surface area contributed by atoms with Gasteiger partial charge in [0, 0.05) is 16.7 Å². The number of rotatable bonds is 7. The Morgan fingerprint density at radius 3 is 2.70 bits per heavy atom. The summed E-state index contributed by atoms with van der Waals surface area (Å²) in [5.41, 5.74) is 1.89. The molecule has 0 aliphatic rings. The number of benzene rings is 2. The summed E-state index contributed by atoms with van der Waals surface area (Å²) in [6.07, 6.45) is 4.33. The van der Waals surface area contributed by atoms with E-state index in [-0.39, 0.29) is 0 Å². The van der Waals surface area contributed by atoms with Crippen molar-refractivity contribution in [2.24, 2.45) is 0 Å². The second-order valence-electron chi connectivity index (χ2n) is 4.92. The van der Waals surface area contributed by atoms with Crippen LogP contribution in [-0.2, 0) is 11.2 Å². The van der Waals surface area contributed by atoms with Gasteiger partial charge in [0.15, 0.2) is 0 Å². The Hall–Kier alpha value is -1.78. The zero-order chi connectivity index (χ0) is 16.7. The van der Waals surface area contributed by atoms with Crippen LogP contribution < -0.4 is 4.74 Å². The van der Waals surface area contributed by atoms with Gasteiger partial charge in [-0.15, -0.1) is 0 Å². The lowest BCUT2D eigenvalue weighted by atomic mass is 10.1. The maximum absolute atomic E-state index is 10.7. The molecular weight excluding hydrogens is 380 g/mol. The van der Waals surface area contributed by atoms with E-state index in [0.29, 0.717) is 27.4 Å². The van der Waals surface area contributed by atoms with E-state index < -0.39 is 5.97 Å². The van der Waals surface area contributed by atoms with Gasteiger partial charge in [-0.3, -0.25) is 0 Å². The van der Waals surface area contributed by atoms with E-state index >= 15 is 0 Å². The molecule has 0 unspecified atom stereocenters. The van der Waals surface area contributed by atoms with Gasteiger partial charge in [-0.1, -0.05) is 41.9 Å². The van der Waals surface area contributed by atoms with Crippen LogP contribution in [0.4, 0.5) is 0 Å². The monoisotopic (exact) mass is 394 g/mol. The molecule has 5 heteroatoms. The van der Waals surface area contributed by atoms with E-state index in [2.05, 4.69) is 28.1 Å². The standard InChI is InChI=1S/C18H16BrClO3/c19-16-12-15(20)11-14(8-9-17(21)22)18(16)23-10-4-7-13-5-2-1-3-6-13/h1-3,5-6,8-9,11-12H,4,7,10H2,(H,21,22)/b9-8+. The fourth-order valence-corrected chi connectivity index (χ4v) is 3.06. The Balaban J connectivity index is 2.02. The van der Waals surface area contributed by atoms with E-state index in [4.69, 9.17) is 21.4 Å². The number of halogens is 2. The van der Waals surface area contributed by atoms with Crippen LogP contribution in [0.3, 0.4) is 0 Å². The Labute approximate surface area is 148 Å². The Morgan fingerprint density at radius 1 is 1.26 bits per heavy atom. The largest absolute Gasteiger partial charge is 0.492 e. The summed E-state index contributed by atoms with van der Waals surface area (Å²) >= 11 is 9.42. The Morgan fingerprint density at radius 2 is 2.00 bits per heavy atom. The summed E-state index contributed by atoms with van der Waals surface area (Å²) in [6.45, 7) is 0.531. The second-order valence-corrected chi connectivity index (χ2v) is 6.21. The summed E-state index contributed by atoms with van der Waals surface area (Å²) in [4.78, 5) is 10.7. The van der Waals surface area contributed by atoms with Gasteiger partial charge < -0.3 is 9.84 Å². The number of aliphatic carboxylic acids is 1. The molecule has 0 spiro atoms. The summed E-state index contributed by atoms with van der Waals surface area (Å²) in [5.74, 6) is -0.420. The van der Waals surface area contributed by atoms with Crippen molar-refractivity contribution >= 4 is 39.6 Å². The van der Waals surface area contributed by atoms with E-state index in [1.165, 1.54) is 11.6 Å². The van der Waals surface area contributed by atoms with Crippen molar-refractivity contribution in [2.75, 3.05) is 6.61 Å². The number of hydrogen-bond donors (Lipinski definition) is 1. The first kappa shape index (κ1) is 17.6. The van der Waals surface area contributed by atoms with Crippen molar-refractivity contribution in [1.29, 1.82) is 0 Å². The molecule has 0 atom stereocenters. The predicted octanol–water partition coefficient (Wildman–Crippen LogP) is 5.21. The first-order valence-corrected chi connectivity index (χ1v) is 8.30. The van der Waals surface area contributed by atoms with Crippen LogP contribution in [0, 0.1) is 0 Å². The normalized spacial score (nSPS) is 10.9. The highest BCUT2D eigenvalue weighted by Gasteiger charge is 2.09. The quantitative estimate of drug-likeness (QED) is 0.517. The van der Waals surface area contributed by atoms with E-state index in [9.17, 15) is 4.79 Å². The van der Waals surface area contributed by atoms with E-state index in [0.717, 1.165) is 18.9 Å². The molecule has 23 heavy (non-hydrogen) atoms. The van der Waals surface area contributed by atoms with Gasteiger partial charge >= 0.3 is 5.97 Å². The van der Waals surface area contributed by atoms with Gasteiger partial charge in [-0.25, -0.2) is 4.79 Å². The molecule has 0 heterocycles. The molecule has 2 aromatic carbocycles. The minimum Gasteiger partial charge on any atom is -0.492 e. The maximum Gasteiger partial charge on any atom is 0.328 e. The third-order valence-corrected chi connectivity index (χ3v) is 3.95. The average Bonchev–Trinajstić information content (AvgIpc) is 2.52. The Kier molecular flexibility index (Phi) is 6.68.